The summed E-state index contributed by atoms with van der Waals surface area (Å²) in [6.45, 7) is 6.94. The first kappa shape index (κ1) is 10.9. The van der Waals surface area contributed by atoms with Crippen molar-refractivity contribution in [3.63, 3.8) is 0 Å². The van der Waals surface area contributed by atoms with Crippen molar-refractivity contribution in [3.8, 4) is 0 Å². The Morgan fingerprint density at radius 1 is 1.36 bits per heavy atom. The van der Waals surface area contributed by atoms with Crippen molar-refractivity contribution in [2.24, 2.45) is 5.92 Å². The van der Waals surface area contributed by atoms with Crippen molar-refractivity contribution in [2.75, 3.05) is 19.7 Å². The van der Waals surface area contributed by atoms with E-state index in [9.17, 15) is 0 Å². The van der Waals surface area contributed by atoms with E-state index >= 15 is 0 Å². The summed E-state index contributed by atoms with van der Waals surface area (Å²) in [7, 11) is 0. The molecule has 11 heavy (non-hydrogen) atoms. The molecule has 0 saturated heterocycles. The fourth-order valence-electron chi connectivity index (χ4n) is 0.855. The third-order valence-electron chi connectivity index (χ3n) is 1.95. The molecule has 2 nitrogen and oxygen atoms in total. The maximum Gasteiger partial charge on any atom is 0.0431 e. The number of nitrogens with one attached hydrogen (secondary N) is 1. The number of hydrogen-bond acceptors (Lipinski definition) is 2. The van der Waals surface area contributed by atoms with Crippen LogP contribution in [0.25, 0.3) is 0 Å². The van der Waals surface area contributed by atoms with Gasteiger partial charge in [0, 0.05) is 6.61 Å². The van der Waals surface area contributed by atoms with Crippen molar-refractivity contribution < 1.29 is 5.11 Å². The predicted octanol–water partition coefficient (Wildman–Crippen LogP) is 1.39. The molecule has 0 aliphatic heterocycles. The lowest BCUT2D eigenvalue weighted by Gasteiger charge is -2.08. The zero-order valence-electron chi connectivity index (χ0n) is 7.77. The van der Waals surface area contributed by atoms with Gasteiger partial charge in [0.05, 0.1) is 0 Å². The summed E-state index contributed by atoms with van der Waals surface area (Å²) in [5.41, 5.74) is 0. The van der Waals surface area contributed by atoms with E-state index in [2.05, 4.69) is 19.2 Å². The molecule has 2 heteroatoms. The van der Waals surface area contributed by atoms with E-state index in [1.54, 1.807) is 0 Å². The molecule has 0 aromatic carbocycles. The minimum Gasteiger partial charge on any atom is -0.396 e. The van der Waals surface area contributed by atoms with Gasteiger partial charge < -0.3 is 10.4 Å². The standard InChI is InChI=1S/C9H21NO/c1-3-9(2)8-10-6-4-5-7-11/h9-11H,3-8H2,1-2H3. The predicted molar refractivity (Wildman–Crippen MR) is 48.6 cm³/mol. The second-order valence-corrected chi connectivity index (χ2v) is 3.15. The summed E-state index contributed by atoms with van der Waals surface area (Å²) < 4.78 is 0. The van der Waals surface area contributed by atoms with Gasteiger partial charge in [0.2, 0.25) is 0 Å². The Morgan fingerprint density at radius 3 is 2.64 bits per heavy atom. The average Bonchev–Trinajstić information content (AvgIpc) is 2.04. The van der Waals surface area contributed by atoms with E-state index < -0.39 is 0 Å². The zero-order chi connectivity index (χ0) is 8.53. The van der Waals surface area contributed by atoms with Crippen LogP contribution in [0.3, 0.4) is 0 Å². The summed E-state index contributed by atoms with van der Waals surface area (Å²) >= 11 is 0. The first-order valence-corrected chi connectivity index (χ1v) is 4.62. The minimum absolute atomic E-state index is 0.324. The van der Waals surface area contributed by atoms with Gasteiger partial charge in [-0.2, -0.15) is 0 Å². The Kier molecular flexibility index (Phi) is 7.96. The van der Waals surface area contributed by atoms with Gasteiger partial charge in [-0.25, -0.2) is 0 Å². The van der Waals surface area contributed by atoms with Crippen molar-refractivity contribution in [1.29, 1.82) is 0 Å². The lowest BCUT2D eigenvalue weighted by Crippen LogP contribution is -2.21. The molecule has 2 N–H and O–H groups in total. The molecule has 0 aromatic rings. The summed E-state index contributed by atoms with van der Waals surface area (Å²) in [4.78, 5) is 0. The Balaban J connectivity index is 2.89. The van der Waals surface area contributed by atoms with E-state index in [1.807, 2.05) is 0 Å². The summed E-state index contributed by atoms with van der Waals surface area (Å²) in [5, 5.41) is 11.9. The van der Waals surface area contributed by atoms with Crippen LogP contribution in [0.15, 0.2) is 0 Å². The molecule has 0 amide bonds. The number of unbranched alkanes of at least 4 members (excludes halogenated alkanes) is 1. The molecule has 0 fully saturated rings. The molecule has 0 radical (unpaired) electrons. The molecule has 68 valence electrons. The highest BCUT2D eigenvalue weighted by Gasteiger charge is 1.95. The minimum atomic E-state index is 0.324. The molecule has 0 aliphatic rings. The van der Waals surface area contributed by atoms with E-state index in [0.29, 0.717) is 6.61 Å². The van der Waals surface area contributed by atoms with Gasteiger partial charge in [-0.15, -0.1) is 0 Å². The first-order valence-electron chi connectivity index (χ1n) is 4.62. The third kappa shape index (κ3) is 7.82. The molecule has 0 aliphatic carbocycles. The zero-order valence-corrected chi connectivity index (χ0v) is 7.77. The SMILES string of the molecule is CCC(C)CNCCCCO. The highest BCUT2D eigenvalue weighted by Crippen LogP contribution is 1.97. The molecule has 0 spiro atoms. The van der Waals surface area contributed by atoms with Crippen LogP contribution in [-0.2, 0) is 0 Å². The largest absolute Gasteiger partial charge is 0.396 e. The Bertz CT molecular complexity index is 76.0. The van der Waals surface area contributed by atoms with Crippen molar-refractivity contribution in [3.05, 3.63) is 0 Å². The van der Waals surface area contributed by atoms with Crippen LogP contribution in [0.2, 0.25) is 0 Å². The Labute approximate surface area is 70.0 Å². The first-order chi connectivity index (χ1) is 5.31. The van der Waals surface area contributed by atoms with Crippen molar-refractivity contribution in [1.82, 2.24) is 5.32 Å². The Morgan fingerprint density at radius 2 is 2.09 bits per heavy atom. The van der Waals surface area contributed by atoms with Crippen LogP contribution in [0.1, 0.15) is 33.1 Å². The lowest BCUT2D eigenvalue weighted by atomic mass is 10.1. The van der Waals surface area contributed by atoms with Crippen LogP contribution in [-0.4, -0.2) is 24.8 Å². The smallest absolute Gasteiger partial charge is 0.0431 e. The molecule has 0 aromatic heterocycles. The van der Waals surface area contributed by atoms with Crippen LogP contribution < -0.4 is 5.32 Å². The molecule has 1 atom stereocenters. The monoisotopic (exact) mass is 159 g/mol. The molecule has 0 bridgehead atoms. The second kappa shape index (κ2) is 8.02. The van der Waals surface area contributed by atoms with Gasteiger partial charge in [0.1, 0.15) is 0 Å². The van der Waals surface area contributed by atoms with Crippen LogP contribution in [0, 0.1) is 5.92 Å². The van der Waals surface area contributed by atoms with Crippen LogP contribution in [0.4, 0.5) is 0 Å². The highest BCUT2D eigenvalue weighted by molar-refractivity contribution is 4.54. The normalized spacial score (nSPS) is 13.4. The summed E-state index contributed by atoms with van der Waals surface area (Å²) in [5.74, 6) is 0.782. The molecule has 0 saturated carbocycles. The van der Waals surface area contributed by atoms with Crippen LogP contribution >= 0.6 is 0 Å². The highest BCUT2D eigenvalue weighted by atomic mass is 16.2. The van der Waals surface area contributed by atoms with Gasteiger partial charge in [0.25, 0.3) is 0 Å². The van der Waals surface area contributed by atoms with Crippen molar-refractivity contribution in [2.45, 2.75) is 33.1 Å². The average molecular weight is 159 g/mol. The summed E-state index contributed by atoms with van der Waals surface area (Å²) in [6, 6.07) is 0. The number of aliphatic hydroxyl groups excluding tert-OH is 1. The van der Waals surface area contributed by atoms with Gasteiger partial charge in [-0.1, -0.05) is 20.3 Å². The van der Waals surface area contributed by atoms with Gasteiger partial charge in [-0.3, -0.25) is 0 Å². The fourth-order valence-corrected chi connectivity index (χ4v) is 0.855. The maximum atomic E-state index is 8.49. The van der Waals surface area contributed by atoms with Gasteiger partial charge in [-0.05, 0) is 31.8 Å². The van der Waals surface area contributed by atoms with Gasteiger partial charge in [0.15, 0.2) is 0 Å². The molecule has 0 heterocycles. The molecule has 0 rings (SSSR count). The molecular weight excluding hydrogens is 138 g/mol. The third-order valence-corrected chi connectivity index (χ3v) is 1.95. The van der Waals surface area contributed by atoms with Crippen molar-refractivity contribution >= 4 is 0 Å². The molecule has 1 unspecified atom stereocenters. The molecular formula is C9H21NO. The second-order valence-electron chi connectivity index (χ2n) is 3.15. The van der Waals surface area contributed by atoms with Crippen LogP contribution in [0.5, 0.6) is 0 Å². The maximum absolute atomic E-state index is 8.49. The lowest BCUT2D eigenvalue weighted by molar-refractivity contribution is 0.283. The quantitative estimate of drug-likeness (QED) is 0.550. The number of rotatable bonds is 7. The summed E-state index contributed by atoms with van der Waals surface area (Å²) in [6.07, 6.45) is 3.26. The number of hydrogen-bond donors (Lipinski definition) is 2. The van der Waals surface area contributed by atoms with E-state index in [4.69, 9.17) is 5.11 Å². The van der Waals surface area contributed by atoms with E-state index in [-0.39, 0.29) is 0 Å². The van der Waals surface area contributed by atoms with Gasteiger partial charge >= 0.3 is 0 Å². The Hall–Kier alpha value is -0.0800. The number of aliphatic hydroxyl groups is 1. The topological polar surface area (TPSA) is 32.3 Å². The van der Waals surface area contributed by atoms with E-state index in [0.717, 1.165) is 31.8 Å². The van der Waals surface area contributed by atoms with E-state index in [1.165, 1.54) is 6.42 Å². The fraction of sp³-hybridized carbons (Fsp3) is 1.00.